The van der Waals surface area contributed by atoms with Crippen molar-refractivity contribution in [1.82, 2.24) is 5.32 Å². The fourth-order valence-electron chi connectivity index (χ4n) is 1.61. The first-order valence-electron chi connectivity index (χ1n) is 5.37. The van der Waals surface area contributed by atoms with Crippen LogP contribution in [0.2, 0.25) is 0 Å². The number of Topliss-reactive ketones (excluding diaryl/α,β-unsaturated/α-hetero) is 1. The van der Waals surface area contributed by atoms with E-state index in [2.05, 4.69) is 5.32 Å². The van der Waals surface area contributed by atoms with Crippen molar-refractivity contribution in [3.8, 4) is 0 Å². The van der Waals surface area contributed by atoms with Crippen LogP contribution in [0, 0.1) is 0 Å². The lowest BCUT2D eigenvalue weighted by Gasteiger charge is -2.21. The smallest absolute Gasteiger partial charge is 0.412 e. The van der Waals surface area contributed by atoms with Crippen LogP contribution in [0.4, 0.5) is 4.79 Å². The van der Waals surface area contributed by atoms with E-state index in [1.54, 1.807) is 20.8 Å². The average Bonchev–Trinajstić information content (AvgIpc) is 2.90. The highest BCUT2D eigenvalue weighted by Crippen LogP contribution is 2.33. The molecule has 0 aromatic carbocycles. The van der Waals surface area contributed by atoms with Crippen molar-refractivity contribution in [2.75, 3.05) is 0 Å². The van der Waals surface area contributed by atoms with E-state index in [4.69, 9.17) is 9.47 Å². The molecule has 0 radical (unpaired) electrons. The van der Waals surface area contributed by atoms with Gasteiger partial charge in [0.15, 0.2) is 6.10 Å². The van der Waals surface area contributed by atoms with E-state index >= 15 is 0 Å². The first-order chi connectivity index (χ1) is 7.78. The van der Waals surface area contributed by atoms with E-state index in [0.717, 1.165) is 0 Å². The molecule has 6 heteroatoms. The van der Waals surface area contributed by atoms with Gasteiger partial charge in [0, 0.05) is 0 Å². The number of alkyl carbamates (subject to hydrolysis) is 1. The van der Waals surface area contributed by atoms with Gasteiger partial charge in [-0.1, -0.05) is 0 Å². The molecular formula is C11H15NO5. The van der Waals surface area contributed by atoms with Crippen LogP contribution in [0.1, 0.15) is 20.8 Å². The summed E-state index contributed by atoms with van der Waals surface area (Å²) in [6, 6.07) is 0. The summed E-state index contributed by atoms with van der Waals surface area (Å²) in [5.74, 6) is -0.328. The molecule has 2 aliphatic rings. The number of hydrogen-bond acceptors (Lipinski definition) is 5. The minimum atomic E-state index is -0.859. The molecule has 0 bridgehead atoms. The Hall–Kier alpha value is -1.40. The lowest BCUT2D eigenvalue weighted by atomic mass is 10.0. The van der Waals surface area contributed by atoms with Gasteiger partial charge < -0.3 is 14.6 Å². The van der Waals surface area contributed by atoms with Gasteiger partial charge in [0.05, 0.1) is 5.70 Å². The summed E-state index contributed by atoms with van der Waals surface area (Å²) in [6.45, 7) is 5.16. The Morgan fingerprint density at radius 3 is 2.76 bits per heavy atom. The summed E-state index contributed by atoms with van der Waals surface area (Å²) in [7, 11) is 0. The molecule has 1 fully saturated rings. The molecule has 3 atom stereocenters. The molecule has 0 saturated carbocycles. The van der Waals surface area contributed by atoms with Gasteiger partial charge in [-0.3, -0.25) is 10.1 Å². The number of carbonyl (C=O) groups excluding carboxylic acids is 2. The van der Waals surface area contributed by atoms with Crippen LogP contribution in [0.25, 0.3) is 0 Å². The third-order valence-electron chi connectivity index (χ3n) is 2.36. The summed E-state index contributed by atoms with van der Waals surface area (Å²) in [4.78, 5) is 23.1. The van der Waals surface area contributed by atoms with Gasteiger partial charge in [0.2, 0.25) is 5.78 Å². The fourth-order valence-corrected chi connectivity index (χ4v) is 1.61. The second-order valence-corrected chi connectivity index (χ2v) is 5.08. The second kappa shape index (κ2) is 3.82. The number of carbonyl (C=O) groups is 2. The number of rotatable bonds is 1. The molecule has 0 aromatic heterocycles. The molecule has 94 valence electrons. The molecule has 6 nitrogen and oxygen atoms in total. The standard InChI is InChI=1S/C11H15NO5/c1-11(2,3)17-10(15)12-5-4-6(13)8-9(16-8)7(5)14/h4,6,8-9,13H,1-3H3,(H,12,15). The third kappa shape index (κ3) is 2.65. The summed E-state index contributed by atoms with van der Waals surface area (Å²) < 4.78 is 9.98. The Labute approximate surface area is 98.6 Å². The molecule has 0 aromatic rings. The van der Waals surface area contributed by atoms with Crippen molar-refractivity contribution >= 4 is 11.9 Å². The number of ether oxygens (including phenoxy) is 2. The molecule has 2 N–H and O–H groups in total. The van der Waals surface area contributed by atoms with Gasteiger partial charge >= 0.3 is 6.09 Å². The van der Waals surface area contributed by atoms with Crippen LogP contribution < -0.4 is 5.32 Å². The zero-order valence-electron chi connectivity index (χ0n) is 9.89. The third-order valence-corrected chi connectivity index (χ3v) is 2.36. The quantitative estimate of drug-likeness (QED) is 0.636. The van der Waals surface area contributed by atoms with Crippen molar-refractivity contribution < 1.29 is 24.2 Å². The lowest BCUT2D eigenvalue weighted by Crippen LogP contribution is -2.38. The van der Waals surface area contributed by atoms with Crippen LogP contribution in [-0.4, -0.2) is 40.9 Å². The number of fused-ring (bicyclic) bond motifs is 1. The van der Waals surface area contributed by atoms with E-state index in [1.807, 2.05) is 0 Å². The predicted molar refractivity (Wildman–Crippen MR) is 57.1 cm³/mol. The second-order valence-electron chi connectivity index (χ2n) is 5.08. The number of aliphatic hydroxyl groups excluding tert-OH is 1. The Balaban J connectivity index is 1.99. The van der Waals surface area contributed by atoms with E-state index in [-0.39, 0.29) is 11.5 Å². The fraction of sp³-hybridized carbons (Fsp3) is 0.636. The number of amides is 1. The van der Waals surface area contributed by atoms with Crippen molar-refractivity contribution in [1.29, 1.82) is 0 Å². The normalized spacial score (nSPS) is 31.4. The van der Waals surface area contributed by atoms with Crippen molar-refractivity contribution in [2.24, 2.45) is 0 Å². The van der Waals surface area contributed by atoms with Gasteiger partial charge in [0.1, 0.15) is 17.8 Å². The SMILES string of the molecule is CC(C)(C)OC(=O)NC1=CC(O)C2OC2C1=O. The van der Waals surface area contributed by atoms with E-state index in [9.17, 15) is 14.7 Å². The summed E-state index contributed by atoms with van der Waals surface area (Å²) in [6.07, 6.45) is -1.38. The van der Waals surface area contributed by atoms with Crippen molar-refractivity contribution in [3.63, 3.8) is 0 Å². The Morgan fingerprint density at radius 2 is 2.18 bits per heavy atom. The molecule has 3 unspecified atom stereocenters. The molecule has 1 heterocycles. The van der Waals surface area contributed by atoms with Gasteiger partial charge in [0.25, 0.3) is 0 Å². The maximum absolute atomic E-state index is 11.6. The molecule has 0 spiro atoms. The molecule has 1 saturated heterocycles. The van der Waals surface area contributed by atoms with Crippen LogP contribution in [0.15, 0.2) is 11.8 Å². The Morgan fingerprint density at radius 1 is 1.53 bits per heavy atom. The predicted octanol–water partition coefficient (Wildman–Crippen LogP) is 0.106. The maximum atomic E-state index is 11.6. The Kier molecular flexibility index (Phi) is 2.71. The van der Waals surface area contributed by atoms with Gasteiger partial charge in [-0.2, -0.15) is 0 Å². The number of hydrogen-bond donors (Lipinski definition) is 2. The zero-order chi connectivity index (χ0) is 12.8. The molecule has 1 aliphatic carbocycles. The van der Waals surface area contributed by atoms with Crippen LogP contribution in [-0.2, 0) is 14.3 Å². The van der Waals surface area contributed by atoms with Crippen molar-refractivity contribution in [3.05, 3.63) is 11.8 Å². The Bertz CT molecular complexity index is 395. The summed E-state index contributed by atoms with van der Waals surface area (Å²) >= 11 is 0. The minimum absolute atomic E-state index is 0.0329. The molecule has 2 rings (SSSR count). The van der Waals surface area contributed by atoms with Crippen LogP contribution >= 0.6 is 0 Å². The van der Waals surface area contributed by atoms with Crippen molar-refractivity contribution in [2.45, 2.75) is 44.7 Å². The summed E-state index contributed by atoms with van der Waals surface area (Å²) in [5, 5.41) is 11.8. The van der Waals surface area contributed by atoms with Gasteiger partial charge in [-0.05, 0) is 26.8 Å². The van der Waals surface area contributed by atoms with Gasteiger partial charge in [-0.15, -0.1) is 0 Å². The topological polar surface area (TPSA) is 88.2 Å². The van der Waals surface area contributed by atoms with E-state index in [0.29, 0.717) is 0 Å². The molecule has 1 amide bonds. The van der Waals surface area contributed by atoms with Gasteiger partial charge in [-0.25, -0.2) is 4.79 Å². The zero-order valence-corrected chi connectivity index (χ0v) is 9.89. The molecule has 17 heavy (non-hydrogen) atoms. The van der Waals surface area contributed by atoms with E-state index < -0.39 is 30.0 Å². The minimum Gasteiger partial charge on any atom is -0.444 e. The largest absolute Gasteiger partial charge is 0.444 e. The number of nitrogens with one attached hydrogen (secondary N) is 1. The number of aliphatic hydroxyl groups is 1. The molecular weight excluding hydrogens is 226 g/mol. The van der Waals surface area contributed by atoms with E-state index in [1.165, 1.54) is 6.08 Å². The lowest BCUT2D eigenvalue weighted by molar-refractivity contribution is -0.117. The van der Waals surface area contributed by atoms with Crippen LogP contribution in [0.5, 0.6) is 0 Å². The monoisotopic (exact) mass is 241 g/mol. The first kappa shape index (κ1) is 12.1. The highest BCUT2D eigenvalue weighted by Gasteiger charge is 2.53. The summed E-state index contributed by atoms with van der Waals surface area (Å²) in [5.41, 5.74) is -0.606. The number of ketones is 1. The maximum Gasteiger partial charge on any atom is 0.412 e. The highest BCUT2D eigenvalue weighted by molar-refractivity contribution is 6.03. The average molecular weight is 241 g/mol. The molecule has 1 aliphatic heterocycles. The number of epoxide rings is 1. The first-order valence-corrected chi connectivity index (χ1v) is 5.37. The highest BCUT2D eigenvalue weighted by atomic mass is 16.6. The van der Waals surface area contributed by atoms with Crippen LogP contribution in [0.3, 0.4) is 0 Å².